The van der Waals surface area contributed by atoms with Crippen LogP contribution in [0.2, 0.25) is 0 Å². The van der Waals surface area contributed by atoms with Gasteiger partial charge in [-0.2, -0.15) is 0 Å². The molecule has 0 aromatic heterocycles. The molecule has 3 N–H and O–H groups in total. The van der Waals surface area contributed by atoms with E-state index in [4.69, 9.17) is 5.73 Å². The molecule has 1 aromatic carbocycles. The minimum absolute atomic E-state index is 0.00183. The summed E-state index contributed by atoms with van der Waals surface area (Å²) in [4.78, 5) is 13.7. The molecule has 0 fully saturated rings. The van der Waals surface area contributed by atoms with Gasteiger partial charge in [-0.15, -0.1) is 0 Å². The molecule has 0 spiro atoms. The van der Waals surface area contributed by atoms with Gasteiger partial charge in [0.05, 0.1) is 0 Å². The lowest BCUT2D eigenvalue weighted by atomic mass is 10.1. The fourth-order valence-electron chi connectivity index (χ4n) is 2.10. The summed E-state index contributed by atoms with van der Waals surface area (Å²) >= 11 is 0. The summed E-state index contributed by atoms with van der Waals surface area (Å²) in [6, 6.07) is 5.73. The lowest BCUT2D eigenvalue weighted by Gasteiger charge is -2.18. The number of amides is 2. The molecule has 0 saturated carbocycles. The SMILES string of the molecule is CCCCNC(=O)N1CCc2cc(N)ccc21. The largest absolute Gasteiger partial charge is 0.399 e. The van der Waals surface area contributed by atoms with Crippen molar-refractivity contribution in [2.45, 2.75) is 26.2 Å². The lowest BCUT2D eigenvalue weighted by molar-refractivity contribution is 0.246. The van der Waals surface area contributed by atoms with E-state index in [-0.39, 0.29) is 6.03 Å². The van der Waals surface area contributed by atoms with E-state index in [0.29, 0.717) is 0 Å². The highest BCUT2D eigenvalue weighted by Crippen LogP contribution is 2.29. The maximum Gasteiger partial charge on any atom is 0.321 e. The number of carbonyl (C=O) groups is 1. The molecule has 4 nitrogen and oxygen atoms in total. The van der Waals surface area contributed by atoms with E-state index >= 15 is 0 Å². The van der Waals surface area contributed by atoms with Crippen LogP contribution in [0.1, 0.15) is 25.3 Å². The van der Waals surface area contributed by atoms with Gasteiger partial charge < -0.3 is 11.1 Å². The first-order valence-corrected chi connectivity index (χ1v) is 6.16. The summed E-state index contributed by atoms with van der Waals surface area (Å²) in [5, 5.41) is 2.94. The highest BCUT2D eigenvalue weighted by molar-refractivity contribution is 5.94. The molecular formula is C13H19N3O. The fourth-order valence-corrected chi connectivity index (χ4v) is 2.10. The molecule has 0 saturated heterocycles. The van der Waals surface area contributed by atoms with Crippen molar-refractivity contribution in [3.05, 3.63) is 23.8 Å². The molecule has 0 radical (unpaired) electrons. The van der Waals surface area contributed by atoms with E-state index < -0.39 is 0 Å². The van der Waals surface area contributed by atoms with Crippen molar-refractivity contribution in [3.63, 3.8) is 0 Å². The summed E-state index contributed by atoms with van der Waals surface area (Å²) in [5.74, 6) is 0. The molecule has 1 aliphatic rings. The van der Waals surface area contributed by atoms with Gasteiger partial charge in [-0.25, -0.2) is 4.79 Å². The van der Waals surface area contributed by atoms with E-state index in [0.717, 1.165) is 49.3 Å². The normalized spacial score (nSPS) is 13.6. The minimum atomic E-state index is 0.00183. The summed E-state index contributed by atoms with van der Waals surface area (Å²) in [5.41, 5.74) is 8.65. The average molecular weight is 233 g/mol. The van der Waals surface area contributed by atoms with Crippen LogP contribution in [0, 0.1) is 0 Å². The van der Waals surface area contributed by atoms with Crippen LogP contribution in [0.25, 0.3) is 0 Å². The van der Waals surface area contributed by atoms with Gasteiger partial charge in [-0.3, -0.25) is 4.90 Å². The van der Waals surface area contributed by atoms with Gasteiger partial charge >= 0.3 is 6.03 Å². The van der Waals surface area contributed by atoms with Crippen LogP contribution >= 0.6 is 0 Å². The summed E-state index contributed by atoms with van der Waals surface area (Å²) in [7, 11) is 0. The van der Waals surface area contributed by atoms with Gasteiger partial charge in [0.15, 0.2) is 0 Å². The Hall–Kier alpha value is -1.71. The van der Waals surface area contributed by atoms with Crippen molar-refractivity contribution < 1.29 is 4.79 Å². The number of fused-ring (bicyclic) bond motifs is 1. The second-order valence-electron chi connectivity index (χ2n) is 4.38. The first-order chi connectivity index (χ1) is 8.22. The quantitative estimate of drug-likeness (QED) is 0.620. The maximum absolute atomic E-state index is 12.0. The zero-order valence-electron chi connectivity index (χ0n) is 10.2. The molecule has 2 rings (SSSR count). The second kappa shape index (κ2) is 5.08. The van der Waals surface area contributed by atoms with Crippen molar-refractivity contribution in [3.8, 4) is 0 Å². The van der Waals surface area contributed by atoms with Crippen LogP contribution in [0.3, 0.4) is 0 Å². The molecule has 0 unspecified atom stereocenters. The van der Waals surface area contributed by atoms with Gasteiger partial charge in [0.1, 0.15) is 0 Å². The van der Waals surface area contributed by atoms with Crippen molar-refractivity contribution in [2.24, 2.45) is 0 Å². The molecular weight excluding hydrogens is 214 g/mol. The van der Waals surface area contributed by atoms with Crippen LogP contribution in [0.15, 0.2) is 18.2 Å². The monoisotopic (exact) mass is 233 g/mol. The van der Waals surface area contributed by atoms with Crippen LogP contribution in [0.4, 0.5) is 16.2 Å². The number of benzene rings is 1. The Morgan fingerprint density at radius 3 is 3.12 bits per heavy atom. The predicted molar refractivity (Wildman–Crippen MR) is 70.2 cm³/mol. The Bertz CT molecular complexity index is 417. The van der Waals surface area contributed by atoms with Gasteiger partial charge in [0, 0.05) is 24.5 Å². The highest BCUT2D eigenvalue weighted by Gasteiger charge is 2.24. The Morgan fingerprint density at radius 2 is 2.35 bits per heavy atom. The molecule has 4 heteroatoms. The Kier molecular flexibility index (Phi) is 3.52. The molecule has 0 aliphatic carbocycles. The Labute approximate surface area is 102 Å². The van der Waals surface area contributed by atoms with Gasteiger partial charge in [0.2, 0.25) is 0 Å². The fraction of sp³-hybridized carbons (Fsp3) is 0.462. The first kappa shape index (κ1) is 11.8. The highest BCUT2D eigenvalue weighted by atomic mass is 16.2. The van der Waals surface area contributed by atoms with E-state index in [2.05, 4.69) is 12.2 Å². The van der Waals surface area contributed by atoms with E-state index in [1.807, 2.05) is 18.2 Å². The molecule has 2 amide bonds. The van der Waals surface area contributed by atoms with Gasteiger partial charge in [0.25, 0.3) is 0 Å². The number of hydrogen-bond donors (Lipinski definition) is 2. The third-order valence-corrected chi connectivity index (χ3v) is 3.05. The number of urea groups is 1. The maximum atomic E-state index is 12.0. The van der Waals surface area contributed by atoms with Crippen molar-refractivity contribution in [1.29, 1.82) is 0 Å². The van der Waals surface area contributed by atoms with Crippen LogP contribution < -0.4 is 16.0 Å². The molecule has 1 aromatic rings. The third kappa shape index (κ3) is 2.52. The van der Waals surface area contributed by atoms with Crippen molar-refractivity contribution in [2.75, 3.05) is 23.7 Å². The Morgan fingerprint density at radius 1 is 1.53 bits per heavy atom. The van der Waals surface area contributed by atoms with E-state index in [9.17, 15) is 4.79 Å². The number of unbranched alkanes of at least 4 members (excludes halogenated alkanes) is 1. The lowest BCUT2D eigenvalue weighted by Crippen LogP contribution is -2.39. The number of hydrogen-bond acceptors (Lipinski definition) is 2. The Balaban J connectivity index is 2.03. The number of nitrogens with two attached hydrogens (primary N) is 1. The predicted octanol–water partition coefficient (Wildman–Crippen LogP) is 2.14. The molecule has 17 heavy (non-hydrogen) atoms. The number of nitrogen functional groups attached to an aromatic ring is 1. The smallest absolute Gasteiger partial charge is 0.321 e. The second-order valence-corrected chi connectivity index (χ2v) is 4.38. The number of nitrogens with one attached hydrogen (secondary N) is 1. The number of carbonyl (C=O) groups excluding carboxylic acids is 1. The number of nitrogens with zero attached hydrogens (tertiary/aromatic N) is 1. The number of anilines is 2. The zero-order chi connectivity index (χ0) is 12.3. The van der Waals surface area contributed by atoms with Gasteiger partial charge in [-0.05, 0) is 36.6 Å². The van der Waals surface area contributed by atoms with Crippen LogP contribution in [-0.4, -0.2) is 19.1 Å². The van der Waals surface area contributed by atoms with E-state index in [1.54, 1.807) is 4.90 Å². The van der Waals surface area contributed by atoms with Crippen molar-refractivity contribution in [1.82, 2.24) is 5.32 Å². The van der Waals surface area contributed by atoms with Gasteiger partial charge in [-0.1, -0.05) is 13.3 Å². The summed E-state index contributed by atoms with van der Waals surface area (Å²) in [6.07, 6.45) is 3.00. The van der Waals surface area contributed by atoms with E-state index in [1.165, 1.54) is 0 Å². The summed E-state index contributed by atoms with van der Waals surface area (Å²) in [6.45, 7) is 3.60. The molecule has 1 heterocycles. The van der Waals surface area contributed by atoms with Crippen LogP contribution in [0.5, 0.6) is 0 Å². The molecule has 92 valence electrons. The standard InChI is InChI=1S/C13H19N3O/c1-2-3-7-15-13(17)16-8-6-10-9-11(14)4-5-12(10)16/h4-5,9H,2-3,6-8,14H2,1H3,(H,15,17). The first-order valence-electron chi connectivity index (χ1n) is 6.16. The average Bonchev–Trinajstić information content (AvgIpc) is 2.72. The van der Waals surface area contributed by atoms with Crippen molar-refractivity contribution >= 4 is 17.4 Å². The third-order valence-electron chi connectivity index (χ3n) is 3.05. The molecule has 0 bridgehead atoms. The zero-order valence-corrected chi connectivity index (χ0v) is 10.2. The molecule has 1 aliphatic heterocycles. The molecule has 0 atom stereocenters. The van der Waals surface area contributed by atoms with Crippen LogP contribution in [-0.2, 0) is 6.42 Å². The minimum Gasteiger partial charge on any atom is -0.399 e. The summed E-state index contributed by atoms with van der Waals surface area (Å²) < 4.78 is 0. The topological polar surface area (TPSA) is 58.4 Å². The number of rotatable bonds is 3.